The number of ketones is 1. The number of carbonyl (C=O) groups excluding carboxylic acids is 3. The van der Waals surface area contributed by atoms with Crippen LogP contribution < -0.4 is 0 Å². The van der Waals surface area contributed by atoms with Crippen molar-refractivity contribution in [3.8, 4) is 0 Å². The Morgan fingerprint density at radius 1 is 1.17 bits per heavy atom. The lowest BCUT2D eigenvalue weighted by Crippen LogP contribution is -2.41. The standard InChI is InChI=1S/C18H28N2O4/c1-8-24-18(23)16-11(4)15(12(5)19-16)17(22)13(6)20(7)14(21)9-10(2)3/h10,13,19H,8-9H2,1-7H3. The number of hydrogen-bond donors (Lipinski definition) is 1. The SMILES string of the molecule is CCOC(=O)c1[nH]c(C)c(C(=O)C(C)N(C)C(=O)CC(C)C)c1C. The summed E-state index contributed by atoms with van der Waals surface area (Å²) >= 11 is 0. The van der Waals surface area contributed by atoms with Gasteiger partial charge in [-0.2, -0.15) is 0 Å². The molecule has 134 valence electrons. The maximum atomic E-state index is 12.8. The number of H-pyrrole nitrogens is 1. The van der Waals surface area contributed by atoms with Gasteiger partial charge < -0.3 is 14.6 Å². The van der Waals surface area contributed by atoms with Crippen molar-refractivity contribution in [2.75, 3.05) is 13.7 Å². The molecule has 1 rings (SSSR count). The van der Waals surface area contributed by atoms with Crippen molar-refractivity contribution < 1.29 is 19.1 Å². The first kappa shape index (κ1) is 19.9. The third kappa shape index (κ3) is 4.24. The van der Waals surface area contributed by atoms with Gasteiger partial charge in [-0.1, -0.05) is 13.8 Å². The molecule has 1 amide bonds. The quantitative estimate of drug-likeness (QED) is 0.613. The Morgan fingerprint density at radius 2 is 1.75 bits per heavy atom. The van der Waals surface area contributed by atoms with E-state index in [-0.39, 0.29) is 24.2 Å². The molecule has 0 aliphatic heterocycles. The van der Waals surface area contributed by atoms with Crippen molar-refractivity contribution in [1.29, 1.82) is 0 Å². The van der Waals surface area contributed by atoms with Gasteiger partial charge in [0.05, 0.1) is 12.6 Å². The highest BCUT2D eigenvalue weighted by Gasteiger charge is 2.29. The molecule has 1 atom stereocenters. The van der Waals surface area contributed by atoms with Crippen molar-refractivity contribution in [2.45, 2.75) is 54.0 Å². The Labute approximate surface area is 143 Å². The molecular formula is C18H28N2O4. The van der Waals surface area contributed by atoms with Crippen LogP contribution >= 0.6 is 0 Å². The summed E-state index contributed by atoms with van der Waals surface area (Å²) in [6.45, 7) is 11.1. The fourth-order valence-corrected chi connectivity index (χ4v) is 2.62. The van der Waals surface area contributed by atoms with Crippen LogP contribution in [0.1, 0.15) is 66.2 Å². The van der Waals surface area contributed by atoms with Crippen molar-refractivity contribution in [3.05, 3.63) is 22.5 Å². The van der Waals surface area contributed by atoms with Gasteiger partial charge in [0.15, 0.2) is 5.78 Å². The number of nitrogens with one attached hydrogen (secondary N) is 1. The molecule has 0 aliphatic rings. The van der Waals surface area contributed by atoms with Gasteiger partial charge in [0.25, 0.3) is 0 Å². The highest BCUT2D eigenvalue weighted by molar-refractivity contribution is 6.06. The number of carbonyl (C=O) groups is 3. The molecule has 0 fully saturated rings. The summed E-state index contributed by atoms with van der Waals surface area (Å²) in [5, 5.41) is 0. The molecule has 6 nitrogen and oxygen atoms in total. The third-order valence-electron chi connectivity index (χ3n) is 4.10. The molecule has 0 aromatic carbocycles. The van der Waals surface area contributed by atoms with Crippen molar-refractivity contribution in [3.63, 3.8) is 0 Å². The van der Waals surface area contributed by atoms with Crippen LogP contribution in [-0.4, -0.2) is 47.2 Å². The summed E-state index contributed by atoms with van der Waals surface area (Å²) < 4.78 is 5.00. The van der Waals surface area contributed by atoms with Crippen LogP contribution in [0.3, 0.4) is 0 Å². The van der Waals surface area contributed by atoms with E-state index in [0.29, 0.717) is 28.9 Å². The largest absolute Gasteiger partial charge is 0.461 e. The maximum Gasteiger partial charge on any atom is 0.355 e. The maximum absolute atomic E-state index is 12.8. The summed E-state index contributed by atoms with van der Waals surface area (Å²) in [6, 6.07) is -0.598. The number of aryl methyl sites for hydroxylation is 1. The Hall–Kier alpha value is -2.11. The average Bonchev–Trinajstić information content (AvgIpc) is 2.79. The Bertz CT molecular complexity index is 631. The second kappa shape index (κ2) is 8.13. The van der Waals surface area contributed by atoms with Crippen molar-refractivity contribution >= 4 is 17.7 Å². The summed E-state index contributed by atoms with van der Waals surface area (Å²) in [5.41, 5.74) is 1.92. The van der Waals surface area contributed by atoms with Crippen molar-refractivity contribution in [1.82, 2.24) is 9.88 Å². The number of nitrogens with zero attached hydrogens (tertiary/aromatic N) is 1. The normalized spacial score (nSPS) is 12.2. The highest BCUT2D eigenvalue weighted by Crippen LogP contribution is 2.22. The first-order chi connectivity index (χ1) is 11.1. The second-order valence-electron chi connectivity index (χ2n) is 6.49. The van der Waals surface area contributed by atoms with E-state index in [1.54, 1.807) is 34.7 Å². The van der Waals surface area contributed by atoms with Crippen LogP contribution in [0.4, 0.5) is 0 Å². The smallest absolute Gasteiger partial charge is 0.355 e. The molecule has 0 radical (unpaired) electrons. The first-order valence-corrected chi connectivity index (χ1v) is 8.27. The molecule has 24 heavy (non-hydrogen) atoms. The zero-order valence-corrected chi connectivity index (χ0v) is 15.6. The zero-order chi connectivity index (χ0) is 18.6. The van der Waals surface area contributed by atoms with E-state index in [2.05, 4.69) is 4.98 Å². The van der Waals surface area contributed by atoms with E-state index in [1.165, 1.54) is 4.90 Å². The molecule has 0 spiro atoms. The number of amides is 1. The summed E-state index contributed by atoms with van der Waals surface area (Å²) in [5.74, 6) is -0.499. The monoisotopic (exact) mass is 336 g/mol. The molecule has 1 N–H and O–H groups in total. The minimum absolute atomic E-state index is 0.0673. The van der Waals surface area contributed by atoms with Crippen LogP contribution in [0.15, 0.2) is 0 Å². The first-order valence-electron chi connectivity index (χ1n) is 8.27. The van der Waals surface area contributed by atoms with Gasteiger partial charge in [-0.05, 0) is 39.2 Å². The lowest BCUT2D eigenvalue weighted by Gasteiger charge is -2.25. The summed E-state index contributed by atoms with van der Waals surface area (Å²) in [4.78, 5) is 41.4. The van der Waals surface area contributed by atoms with E-state index in [9.17, 15) is 14.4 Å². The number of hydrogen-bond acceptors (Lipinski definition) is 4. The van der Waals surface area contributed by atoms with Gasteiger partial charge in [0, 0.05) is 24.7 Å². The Kier molecular flexibility index (Phi) is 6.75. The molecule has 1 unspecified atom stereocenters. The molecule has 1 aromatic heterocycles. The van der Waals surface area contributed by atoms with Gasteiger partial charge in [0.2, 0.25) is 5.91 Å². The lowest BCUT2D eigenvalue weighted by atomic mass is 9.99. The summed E-state index contributed by atoms with van der Waals surface area (Å²) in [7, 11) is 1.64. The number of esters is 1. The number of aromatic nitrogens is 1. The topological polar surface area (TPSA) is 79.5 Å². The van der Waals surface area contributed by atoms with Gasteiger partial charge in [-0.25, -0.2) is 4.79 Å². The minimum atomic E-state index is -0.598. The van der Waals surface area contributed by atoms with Gasteiger partial charge in [-0.15, -0.1) is 0 Å². The van der Waals surface area contributed by atoms with Crippen LogP contribution in [0.2, 0.25) is 0 Å². The fourth-order valence-electron chi connectivity index (χ4n) is 2.62. The third-order valence-corrected chi connectivity index (χ3v) is 4.10. The van der Waals surface area contributed by atoms with E-state index in [0.717, 1.165) is 0 Å². The second-order valence-corrected chi connectivity index (χ2v) is 6.49. The van der Waals surface area contributed by atoms with Crippen LogP contribution in [0, 0.1) is 19.8 Å². The molecule has 1 heterocycles. The van der Waals surface area contributed by atoms with Crippen molar-refractivity contribution in [2.24, 2.45) is 5.92 Å². The number of ether oxygens (including phenoxy) is 1. The number of rotatable bonds is 7. The molecule has 6 heteroatoms. The van der Waals surface area contributed by atoms with Gasteiger partial charge in [0.1, 0.15) is 5.69 Å². The minimum Gasteiger partial charge on any atom is -0.461 e. The van der Waals surface area contributed by atoms with Gasteiger partial charge in [-0.3, -0.25) is 9.59 Å². The van der Waals surface area contributed by atoms with Crippen LogP contribution in [-0.2, 0) is 9.53 Å². The summed E-state index contributed by atoms with van der Waals surface area (Å²) in [6.07, 6.45) is 0.396. The number of likely N-dealkylation sites (N-methyl/N-ethyl adjacent to an activating group) is 1. The van der Waals surface area contributed by atoms with Crippen LogP contribution in [0.25, 0.3) is 0 Å². The Morgan fingerprint density at radius 3 is 2.25 bits per heavy atom. The number of aromatic amines is 1. The zero-order valence-electron chi connectivity index (χ0n) is 15.6. The molecule has 0 saturated heterocycles. The molecular weight excluding hydrogens is 308 g/mol. The highest BCUT2D eigenvalue weighted by atomic mass is 16.5. The van der Waals surface area contributed by atoms with E-state index >= 15 is 0 Å². The molecule has 1 aromatic rings. The molecule has 0 saturated carbocycles. The van der Waals surface area contributed by atoms with Crippen LogP contribution in [0.5, 0.6) is 0 Å². The molecule has 0 bridgehead atoms. The van der Waals surface area contributed by atoms with Gasteiger partial charge >= 0.3 is 5.97 Å². The average molecular weight is 336 g/mol. The number of Topliss-reactive ketones (excluding diaryl/α,β-unsaturated/α-hetero) is 1. The fraction of sp³-hybridized carbons (Fsp3) is 0.611. The predicted octanol–water partition coefficient (Wildman–Crippen LogP) is 2.88. The van der Waals surface area contributed by atoms with E-state index in [1.807, 2.05) is 13.8 Å². The lowest BCUT2D eigenvalue weighted by molar-refractivity contribution is -0.131. The van der Waals surface area contributed by atoms with E-state index < -0.39 is 12.0 Å². The van der Waals surface area contributed by atoms with E-state index in [4.69, 9.17) is 4.74 Å². The Balaban J connectivity index is 3.07. The predicted molar refractivity (Wildman–Crippen MR) is 92.2 cm³/mol. The molecule has 0 aliphatic carbocycles.